The second-order valence-electron chi connectivity index (χ2n) is 29.3. The number of carbonyl (C=O) groups is 2. The Hall–Kier alpha value is -3.56. The van der Waals surface area contributed by atoms with Crippen LogP contribution in [0.15, 0.2) is 105 Å². The van der Waals surface area contributed by atoms with Crippen molar-refractivity contribution in [3.8, 4) is 0 Å². The maximum Gasteiger partial charge on any atom is 0.220 e. The fourth-order valence-electron chi connectivity index (χ4n) is 15.0. The number of nitrogens with zero attached hydrogens (tertiary/aromatic N) is 3. The highest BCUT2D eigenvalue weighted by Crippen LogP contribution is 2.64. The molecule has 7 rings (SSSR count). The molecule has 11 unspecified atom stereocenters. The largest absolute Gasteiger partial charge is 0.748 e. The van der Waals surface area contributed by atoms with Crippen LogP contribution in [0.1, 0.15) is 156 Å². The van der Waals surface area contributed by atoms with Crippen LogP contribution >= 0.6 is 0 Å². The molecule has 524 valence electrons. The Morgan fingerprint density at radius 2 is 1.16 bits per heavy atom. The second kappa shape index (κ2) is 37.2. The topological polar surface area (TPSA) is 302 Å². The molecule has 1 amide bonds. The van der Waals surface area contributed by atoms with Gasteiger partial charge in [0.1, 0.15) is 42.6 Å². The number of likely N-dealkylation sites (N-methyl/N-ethyl adjacent to an activating group) is 1. The summed E-state index contributed by atoms with van der Waals surface area (Å²) < 4.78 is 101. The molecule has 0 spiro atoms. The number of aliphatic hydroxyl groups is 3. The van der Waals surface area contributed by atoms with E-state index in [1.165, 1.54) is 70.3 Å². The molecule has 0 heterocycles. The number of benzene rings is 3. The van der Waals surface area contributed by atoms with E-state index in [9.17, 15) is 68.9 Å². The molecule has 4 fully saturated rings. The van der Waals surface area contributed by atoms with Crippen molar-refractivity contribution in [2.24, 2.45) is 46.8 Å². The minimum atomic E-state index is -4.54. The van der Waals surface area contributed by atoms with E-state index in [1.54, 1.807) is 53.4 Å². The maximum absolute atomic E-state index is 12.5. The Bertz CT molecular complexity index is 2990. The van der Waals surface area contributed by atoms with Crippen molar-refractivity contribution in [1.29, 1.82) is 0 Å². The Morgan fingerprint density at radius 3 is 1.68 bits per heavy atom. The number of carbonyl (C=O) groups excluding carboxylic acids is 2. The van der Waals surface area contributed by atoms with Crippen molar-refractivity contribution in [1.82, 2.24) is 5.32 Å². The fourth-order valence-corrected chi connectivity index (χ4v) is 19.7. The van der Waals surface area contributed by atoms with Gasteiger partial charge < -0.3 is 57.6 Å². The summed E-state index contributed by atoms with van der Waals surface area (Å²) >= 11 is 0. The molecule has 4 N–H and O–H groups in total. The van der Waals surface area contributed by atoms with Gasteiger partial charge in [0.05, 0.1) is 103 Å². The van der Waals surface area contributed by atoms with Gasteiger partial charge in [-0.25, -0.2) is 25.3 Å². The Labute approximate surface area is 556 Å². The number of carboxylic acids is 1. The van der Waals surface area contributed by atoms with E-state index < -0.39 is 53.1 Å². The fraction of sp³-hybridized carbons (Fsp3) is 0.710. The summed E-state index contributed by atoms with van der Waals surface area (Å²) in [5, 5.41) is 45.9. The van der Waals surface area contributed by atoms with Crippen LogP contribution in [-0.2, 0) is 50.8 Å². The summed E-state index contributed by atoms with van der Waals surface area (Å²) in [6.07, 6.45) is 20.6. The minimum Gasteiger partial charge on any atom is -0.748 e. The highest BCUT2D eigenvalue weighted by atomic mass is 32.2. The van der Waals surface area contributed by atoms with Crippen LogP contribution in [0.3, 0.4) is 0 Å². The lowest BCUT2D eigenvalue weighted by Crippen LogP contribution is -2.59. The molecule has 4 saturated carbocycles. The van der Waals surface area contributed by atoms with Crippen molar-refractivity contribution in [3.05, 3.63) is 84.9 Å². The third-order valence-electron chi connectivity index (χ3n) is 19.5. The quantitative estimate of drug-likeness (QED) is 0.0205. The van der Waals surface area contributed by atoms with Crippen LogP contribution in [0.4, 0.5) is 0 Å². The van der Waals surface area contributed by atoms with Crippen molar-refractivity contribution in [2.75, 3.05) is 93.7 Å². The van der Waals surface area contributed by atoms with Crippen LogP contribution in [0.5, 0.6) is 0 Å². The lowest BCUT2D eigenvalue weighted by Gasteiger charge is -2.61. The number of aliphatic carboxylic acids is 1. The number of fused-ring (bicyclic) bond motifs is 5. The van der Waals surface area contributed by atoms with Gasteiger partial charge in [-0.2, -0.15) is 0 Å². The third-order valence-corrected chi connectivity index (χ3v) is 24.7. The van der Waals surface area contributed by atoms with Crippen LogP contribution < -0.4 is 10.4 Å². The molecule has 4 aliphatic rings. The van der Waals surface area contributed by atoms with Crippen LogP contribution in [0, 0.1) is 46.8 Å². The lowest BCUT2D eigenvalue weighted by atomic mass is 9.45. The highest BCUT2D eigenvalue weighted by molar-refractivity contribution is 7.97. The average molecular weight is 1370 g/mol. The molecule has 19 nitrogen and oxygen atoms in total. The van der Waals surface area contributed by atoms with Gasteiger partial charge >= 0.3 is 0 Å². The molecule has 92 heavy (non-hydrogen) atoms. The summed E-state index contributed by atoms with van der Waals surface area (Å²) in [5.74, 6) is 0.246. The number of aliphatic hydroxyl groups excluding tert-OH is 3. The highest BCUT2D eigenvalue weighted by Gasteiger charge is 2.61. The predicted molar refractivity (Wildman–Crippen MR) is 357 cm³/mol. The molecule has 3 aromatic carbocycles. The predicted octanol–water partition coefficient (Wildman–Crippen LogP) is 8.11. The first kappa shape index (κ1) is 80.9. The molecular formula is C69H114N4O15S4. The number of carboxylic acid groups (broad SMARTS) is 1. The summed E-state index contributed by atoms with van der Waals surface area (Å²) in [7, 11) is -0.514. The summed E-state index contributed by atoms with van der Waals surface area (Å²) in [4.78, 5) is 24.7. The van der Waals surface area contributed by atoms with Gasteiger partial charge in [0, 0.05) is 31.6 Å². The smallest absolute Gasteiger partial charge is 0.220 e. The van der Waals surface area contributed by atoms with Crippen LogP contribution in [0.2, 0.25) is 0 Å². The van der Waals surface area contributed by atoms with Gasteiger partial charge in [0.15, 0.2) is 20.6 Å². The number of rotatable bonds is 31. The molecule has 0 radical (unpaired) electrons. The Balaban J connectivity index is 0.000000292. The SMILES string of the molecule is CC(CCC(=O)NCCC[N+](C)(C)CS(=O)(=O)[O-])C1CCC2C1C(O)CC1C2C(O)CC2CC(O)CCC21C.CCCCCCCCCCCC[N+](C)(C)CCCS(=O)(=O)[O-].C[N+](C)(C)CC(=O)[O-].O=S(=O)([O-])c1ccccc1[S+](c1ccccc1)c1ccccc1. The molecule has 0 aliphatic heterocycles. The molecule has 23 heteroatoms. The zero-order chi connectivity index (χ0) is 68.7. The summed E-state index contributed by atoms with van der Waals surface area (Å²) in [6, 6.07) is 25.7. The van der Waals surface area contributed by atoms with Crippen molar-refractivity contribution >= 4 is 53.1 Å². The summed E-state index contributed by atoms with van der Waals surface area (Å²) in [6.45, 7) is 9.61. The van der Waals surface area contributed by atoms with Gasteiger partial charge in [-0.15, -0.1) is 0 Å². The van der Waals surface area contributed by atoms with Gasteiger partial charge in [0.25, 0.3) is 0 Å². The van der Waals surface area contributed by atoms with Crippen molar-refractivity contribution < 1.29 is 82.4 Å². The first-order valence-electron chi connectivity index (χ1n) is 33.6. The molecule has 0 bridgehead atoms. The molecular weight excluding hydrogens is 1250 g/mol. The molecule has 3 aromatic rings. The van der Waals surface area contributed by atoms with E-state index in [0.717, 1.165) is 78.7 Å². The first-order valence-corrected chi connectivity index (χ1v) is 39.4. The number of amides is 1. The normalized spacial score (nSPS) is 24.4. The summed E-state index contributed by atoms with van der Waals surface area (Å²) in [5.41, 5.74) is 0.0776. The zero-order valence-electron chi connectivity index (χ0n) is 56.9. The molecule has 4 aliphatic carbocycles. The van der Waals surface area contributed by atoms with E-state index in [2.05, 4.69) is 40.2 Å². The van der Waals surface area contributed by atoms with Crippen LogP contribution in [0.25, 0.3) is 0 Å². The number of nitrogens with one attached hydrogen (secondary N) is 1. The van der Waals surface area contributed by atoms with E-state index in [-0.39, 0.29) is 63.1 Å². The van der Waals surface area contributed by atoms with E-state index in [1.807, 2.05) is 60.7 Å². The van der Waals surface area contributed by atoms with Gasteiger partial charge in [-0.05, 0) is 147 Å². The van der Waals surface area contributed by atoms with Gasteiger partial charge in [-0.3, -0.25) is 4.79 Å². The molecule has 11 atom stereocenters. The first-order chi connectivity index (χ1) is 42.9. The standard InChI is InChI=1S/C29H52N2O7S.C18H14O3S2.C17H37NO3S.C5H11NO2/c1-18(6-9-26(35)30-12-5-13-31(3,4)17-39(36,37)38)21-7-8-22-27(21)25(34)16-23-28(22)24(33)15-19-14-20(32)10-11-29(19,23)2;19-23(20,21)18-14-8-7-13-17(18)22(15-9-3-1-4-10-15)16-11-5-2-6-12-16;1-4-5-6-7-8-9-10-11-12-13-15-18(2,3)16-14-17-22(19,20)21;1-6(2,3)4-5(7)8/h18-25,27-28,32-34H,5-17H2,1-4H3,(H-,30,35,36,37,38);1-14H;4-17H2,1-3H3;4H2,1-3H3. The monoisotopic (exact) mass is 1370 g/mol. The van der Waals surface area contributed by atoms with E-state index in [4.69, 9.17) is 0 Å². The van der Waals surface area contributed by atoms with Gasteiger partial charge in [0.2, 0.25) is 5.91 Å². The van der Waals surface area contributed by atoms with Crippen molar-refractivity contribution in [3.63, 3.8) is 0 Å². The zero-order valence-corrected chi connectivity index (χ0v) is 60.1. The number of hydrogen-bond acceptors (Lipinski definition) is 15. The second-order valence-corrected chi connectivity index (χ2v) is 35.5. The molecule has 0 saturated heterocycles. The number of unbranched alkanes of at least 4 members (excludes halogenated alkanes) is 9. The van der Waals surface area contributed by atoms with Crippen LogP contribution in [-0.4, -0.2) is 192 Å². The maximum atomic E-state index is 12.5. The number of quaternary nitrogens is 3. The average Bonchev–Trinajstić information content (AvgIpc) is 1.28. The van der Waals surface area contributed by atoms with Gasteiger partial charge in [-0.1, -0.05) is 121 Å². The number of hydrogen-bond donors (Lipinski definition) is 4. The Morgan fingerprint density at radius 1 is 0.641 bits per heavy atom. The lowest BCUT2D eigenvalue weighted by molar-refractivity contribution is -0.890. The minimum absolute atomic E-state index is 0.0245. The third kappa shape index (κ3) is 28.3. The molecule has 0 aromatic heterocycles. The Kier molecular flexibility index (Phi) is 32.7. The van der Waals surface area contributed by atoms with E-state index in [0.29, 0.717) is 71.3 Å². The van der Waals surface area contributed by atoms with Crippen molar-refractivity contribution in [2.45, 2.75) is 194 Å². The van der Waals surface area contributed by atoms with E-state index >= 15 is 0 Å².